The van der Waals surface area contributed by atoms with E-state index in [-0.39, 0.29) is 5.56 Å². The largest absolute Gasteiger partial charge is 0.270 e. The summed E-state index contributed by atoms with van der Waals surface area (Å²) in [5.41, 5.74) is 2.02. The first-order chi connectivity index (χ1) is 8.28. The monoisotopic (exact) mass is 268 g/mol. The molecule has 96 valence electrons. The number of rotatable bonds is 2. The SMILES string of the molecule is Cc1cc(C)n2ncc(C(=O)NS(C)(=O)=O)c2n1. The van der Waals surface area contributed by atoms with Crippen molar-refractivity contribution < 1.29 is 13.2 Å². The second kappa shape index (κ2) is 4.05. The lowest BCUT2D eigenvalue weighted by molar-refractivity contribution is 0.0983. The minimum atomic E-state index is -3.60. The Labute approximate surface area is 104 Å². The molecule has 2 rings (SSSR count). The van der Waals surface area contributed by atoms with E-state index in [0.29, 0.717) is 5.65 Å². The molecule has 0 aliphatic carbocycles. The van der Waals surface area contributed by atoms with Crippen LogP contribution in [0.25, 0.3) is 5.65 Å². The zero-order valence-electron chi connectivity index (χ0n) is 10.1. The van der Waals surface area contributed by atoms with E-state index in [4.69, 9.17) is 0 Å². The minimum Gasteiger partial charge on any atom is -0.268 e. The van der Waals surface area contributed by atoms with Crippen molar-refractivity contribution in [1.29, 1.82) is 0 Å². The van der Waals surface area contributed by atoms with Gasteiger partial charge in [0.25, 0.3) is 5.91 Å². The summed E-state index contributed by atoms with van der Waals surface area (Å²) in [4.78, 5) is 16.0. The van der Waals surface area contributed by atoms with E-state index in [1.807, 2.05) is 17.7 Å². The van der Waals surface area contributed by atoms with Gasteiger partial charge in [0, 0.05) is 11.4 Å². The average molecular weight is 268 g/mol. The van der Waals surface area contributed by atoms with E-state index in [2.05, 4.69) is 10.1 Å². The summed E-state index contributed by atoms with van der Waals surface area (Å²) in [6.07, 6.45) is 2.22. The van der Waals surface area contributed by atoms with E-state index in [1.54, 1.807) is 6.92 Å². The molecule has 0 radical (unpaired) electrons. The highest BCUT2D eigenvalue weighted by molar-refractivity contribution is 7.89. The minimum absolute atomic E-state index is 0.132. The summed E-state index contributed by atoms with van der Waals surface area (Å²) >= 11 is 0. The van der Waals surface area contributed by atoms with Crippen molar-refractivity contribution in [2.75, 3.05) is 6.26 Å². The van der Waals surface area contributed by atoms with Crippen LogP contribution in [0.5, 0.6) is 0 Å². The summed E-state index contributed by atoms with van der Waals surface area (Å²) in [6.45, 7) is 3.62. The molecular weight excluding hydrogens is 256 g/mol. The van der Waals surface area contributed by atoms with Crippen LogP contribution in [0.3, 0.4) is 0 Å². The van der Waals surface area contributed by atoms with Gasteiger partial charge in [-0.05, 0) is 19.9 Å². The second-order valence-electron chi connectivity index (χ2n) is 4.04. The van der Waals surface area contributed by atoms with Crippen LogP contribution in [0, 0.1) is 13.8 Å². The molecule has 0 aliphatic rings. The predicted molar refractivity (Wildman–Crippen MR) is 64.8 cm³/mol. The molecule has 0 bridgehead atoms. The maximum atomic E-state index is 11.8. The van der Waals surface area contributed by atoms with Gasteiger partial charge < -0.3 is 0 Å². The van der Waals surface area contributed by atoms with E-state index in [1.165, 1.54) is 10.7 Å². The van der Waals surface area contributed by atoms with Crippen LogP contribution in [-0.4, -0.2) is 35.2 Å². The number of aryl methyl sites for hydroxylation is 2. The first-order valence-corrected chi connectivity index (χ1v) is 7.01. The molecule has 18 heavy (non-hydrogen) atoms. The average Bonchev–Trinajstić information content (AvgIpc) is 2.58. The molecule has 0 spiro atoms. The smallest absolute Gasteiger partial charge is 0.268 e. The standard InChI is InChI=1S/C10H12N4O3S/c1-6-4-7(2)14-9(12-6)8(5-11-14)10(15)13-18(3,16)17/h4-5H,1-3H3,(H,13,15). The number of carbonyl (C=O) groups is 1. The number of amides is 1. The fourth-order valence-electron chi connectivity index (χ4n) is 1.65. The number of aromatic nitrogens is 3. The lowest BCUT2D eigenvalue weighted by Crippen LogP contribution is -2.29. The van der Waals surface area contributed by atoms with Gasteiger partial charge in [-0.25, -0.2) is 22.6 Å². The Balaban J connectivity index is 2.56. The van der Waals surface area contributed by atoms with Crippen molar-refractivity contribution in [3.05, 3.63) is 29.2 Å². The zero-order chi connectivity index (χ0) is 13.5. The van der Waals surface area contributed by atoms with E-state index in [0.717, 1.165) is 17.6 Å². The molecular formula is C10H12N4O3S. The Morgan fingerprint density at radius 3 is 2.67 bits per heavy atom. The topological polar surface area (TPSA) is 93.4 Å². The third-order valence-electron chi connectivity index (χ3n) is 2.30. The number of fused-ring (bicyclic) bond motifs is 1. The summed E-state index contributed by atoms with van der Waals surface area (Å²) < 4.78 is 25.4. The number of sulfonamides is 1. The van der Waals surface area contributed by atoms with Crippen LogP contribution < -0.4 is 4.72 Å². The summed E-state index contributed by atoms with van der Waals surface area (Å²) in [5, 5.41) is 4.01. The molecule has 0 saturated carbocycles. The van der Waals surface area contributed by atoms with Crippen LogP contribution in [0.15, 0.2) is 12.3 Å². The third-order valence-corrected chi connectivity index (χ3v) is 2.86. The molecule has 2 aromatic heterocycles. The molecule has 0 aromatic carbocycles. The van der Waals surface area contributed by atoms with Gasteiger partial charge >= 0.3 is 0 Å². The van der Waals surface area contributed by atoms with Crippen molar-refractivity contribution in [3.63, 3.8) is 0 Å². The van der Waals surface area contributed by atoms with Gasteiger partial charge in [0.2, 0.25) is 10.0 Å². The quantitative estimate of drug-likeness (QED) is 0.829. The molecule has 0 unspecified atom stereocenters. The fraction of sp³-hybridized carbons (Fsp3) is 0.300. The number of carbonyl (C=O) groups excluding carboxylic acids is 1. The first-order valence-electron chi connectivity index (χ1n) is 5.12. The van der Waals surface area contributed by atoms with Gasteiger partial charge in [-0.3, -0.25) is 4.79 Å². The van der Waals surface area contributed by atoms with Crippen LogP contribution in [0.4, 0.5) is 0 Å². The normalized spacial score (nSPS) is 11.7. The van der Waals surface area contributed by atoms with E-state index < -0.39 is 15.9 Å². The Morgan fingerprint density at radius 1 is 1.39 bits per heavy atom. The predicted octanol–water partition coefficient (Wildman–Crippen LogP) is 0.0355. The van der Waals surface area contributed by atoms with Crippen molar-refractivity contribution in [3.8, 4) is 0 Å². The molecule has 0 atom stereocenters. The Morgan fingerprint density at radius 2 is 2.06 bits per heavy atom. The van der Waals surface area contributed by atoms with E-state index in [9.17, 15) is 13.2 Å². The van der Waals surface area contributed by atoms with Gasteiger partial charge in [0.15, 0.2) is 5.65 Å². The summed E-state index contributed by atoms with van der Waals surface area (Å²) in [5.74, 6) is -0.731. The highest BCUT2D eigenvalue weighted by Gasteiger charge is 2.18. The molecule has 0 fully saturated rings. The zero-order valence-corrected chi connectivity index (χ0v) is 10.9. The van der Waals surface area contributed by atoms with Crippen molar-refractivity contribution in [2.24, 2.45) is 0 Å². The van der Waals surface area contributed by atoms with Gasteiger partial charge in [0.05, 0.1) is 12.5 Å². The Bertz CT molecular complexity index is 733. The van der Waals surface area contributed by atoms with Gasteiger partial charge in [-0.15, -0.1) is 0 Å². The number of hydrogen-bond donors (Lipinski definition) is 1. The maximum Gasteiger partial charge on any atom is 0.270 e. The van der Waals surface area contributed by atoms with Crippen molar-refractivity contribution in [1.82, 2.24) is 19.3 Å². The van der Waals surface area contributed by atoms with Gasteiger partial charge in [-0.2, -0.15) is 5.10 Å². The third kappa shape index (κ3) is 2.33. The molecule has 1 amide bonds. The van der Waals surface area contributed by atoms with Crippen LogP contribution in [-0.2, 0) is 10.0 Å². The van der Waals surface area contributed by atoms with Crippen molar-refractivity contribution in [2.45, 2.75) is 13.8 Å². The highest BCUT2D eigenvalue weighted by atomic mass is 32.2. The number of nitrogens with zero attached hydrogens (tertiary/aromatic N) is 3. The lowest BCUT2D eigenvalue weighted by Gasteiger charge is -2.03. The number of nitrogens with one attached hydrogen (secondary N) is 1. The highest BCUT2D eigenvalue weighted by Crippen LogP contribution is 2.11. The maximum absolute atomic E-state index is 11.8. The summed E-state index contributed by atoms with van der Waals surface area (Å²) in [6, 6.07) is 1.82. The molecule has 7 nitrogen and oxygen atoms in total. The van der Waals surface area contributed by atoms with Gasteiger partial charge in [-0.1, -0.05) is 0 Å². The Hall–Kier alpha value is -1.96. The van der Waals surface area contributed by atoms with E-state index >= 15 is 0 Å². The number of hydrogen-bond acceptors (Lipinski definition) is 5. The van der Waals surface area contributed by atoms with Crippen LogP contribution in [0.1, 0.15) is 21.7 Å². The van der Waals surface area contributed by atoms with Crippen molar-refractivity contribution >= 4 is 21.6 Å². The van der Waals surface area contributed by atoms with Gasteiger partial charge in [0.1, 0.15) is 5.56 Å². The first kappa shape index (κ1) is 12.5. The molecule has 2 heterocycles. The molecule has 8 heteroatoms. The van der Waals surface area contributed by atoms with Crippen LogP contribution in [0.2, 0.25) is 0 Å². The summed E-state index contributed by atoms with van der Waals surface area (Å²) in [7, 11) is -3.60. The second-order valence-corrected chi connectivity index (χ2v) is 5.78. The Kier molecular flexibility index (Phi) is 2.81. The molecule has 2 aromatic rings. The molecule has 1 N–H and O–H groups in total. The molecule has 0 aliphatic heterocycles. The lowest BCUT2D eigenvalue weighted by atomic mass is 10.3. The van der Waals surface area contributed by atoms with Crippen LogP contribution >= 0.6 is 0 Å². The molecule has 0 saturated heterocycles. The fourth-order valence-corrected chi connectivity index (χ4v) is 2.10.